The van der Waals surface area contributed by atoms with Gasteiger partial charge < -0.3 is 19.6 Å². The molecule has 0 aliphatic carbocycles. The van der Waals surface area contributed by atoms with Gasteiger partial charge in [-0.1, -0.05) is 12.1 Å². The number of hydrogen-bond acceptors (Lipinski definition) is 5. The predicted molar refractivity (Wildman–Crippen MR) is 80.4 cm³/mol. The Labute approximate surface area is 125 Å². The summed E-state index contributed by atoms with van der Waals surface area (Å²) in [5.74, 6) is 2.22. The van der Waals surface area contributed by atoms with E-state index in [2.05, 4.69) is 10.3 Å². The smallest absolute Gasteiger partial charge is 0.208 e. The number of nitrogens with one attached hydrogen (secondary N) is 1. The quantitative estimate of drug-likeness (QED) is 0.817. The Balaban J connectivity index is 1.72. The first-order valence-corrected chi connectivity index (χ1v) is 7.04. The lowest BCUT2D eigenvalue weighted by Gasteiger charge is -2.14. The number of aryl methyl sites for hydroxylation is 3. The van der Waals surface area contributed by atoms with Crippen LogP contribution in [-0.2, 0) is 6.54 Å². The van der Waals surface area contributed by atoms with E-state index in [1.807, 2.05) is 39.0 Å². The summed E-state index contributed by atoms with van der Waals surface area (Å²) >= 11 is 0. The molecule has 0 amide bonds. The maximum absolute atomic E-state index is 9.92. The van der Waals surface area contributed by atoms with E-state index in [9.17, 15) is 5.11 Å². The lowest BCUT2D eigenvalue weighted by atomic mass is 10.1. The molecule has 5 nitrogen and oxygen atoms in total. The zero-order valence-corrected chi connectivity index (χ0v) is 12.7. The van der Waals surface area contributed by atoms with Gasteiger partial charge in [-0.15, -0.1) is 0 Å². The first kappa shape index (κ1) is 15.5. The third-order valence-electron chi connectivity index (χ3n) is 3.10. The number of benzene rings is 1. The van der Waals surface area contributed by atoms with E-state index in [4.69, 9.17) is 9.15 Å². The van der Waals surface area contributed by atoms with E-state index >= 15 is 0 Å². The monoisotopic (exact) mass is 290 g/mol. The van der Waals surface area contributed by atoms with Gasteiger partial charge in [-0.25, -0.2) is 4.98 Å². The summed E-state index contributed by atoms with van der Waals surface area (Å²) in [5, 5.41) is 13.0. The minimum Gasteiger partial charge on any atom is -0.491 e. The second-order valence-electron chi connectivity index (χ2n) is 5.23. The van der Waals surface area contributed by atoms with Crippen LogP contribution in [0.3, 0.4) is 0 Å². The SMILES string of the molecule is Cc1ccc(C)c(OCC(O)CNCc2ncc(C)o2)c1. The van der Waals surface area contributed by atoms with Gasteiger partial charge >= 0.3 is 0 Å². The van der Waals surface area contributed by atoms with Crippen molar-refractivity contribution < 1.29 is 14.3 Å². The fourth-order valence-corrected chi connectivity index (χ4v) is 1.94. The van der Waals surface area contributed by atoms with Gasteiger partial charge in [-0.2, -0.15) is 0 Å². The summed E-state index contributed by atoms with van der Waals surface area (Å²) in [7, 11) is 0. The van der Waals surface area contributed by atoms with Gasteiger partial charge in [0.05, 0.1) is 12.7 Å². The minimum atomic E-state index is -0.582. The number of rotatable bonds is 7. The highest BCUT2D eigenvalue weighted by atomic mass is 16.5. The molecular formula is C16H22N2O3. The highest BCUT2D eigenvalue weighted by Gasteiger charge is 2.08. The van der Waals surface area contributed by atoms with Gasteiger partial charge in [0.15, 0.2) is 0 Å². The molecule has 1 atom stereocenters. The first-order valence-electron chi connectivity index (χ1n) is 7.04. The van der Waals surface area contributed by atoms with E-state index in [1.54, 1.807) is 6.20 Å². The lowest BCUT2D eigenvalue weighted by Crippen LogP contribution is -2.31. The maximum atomic E-state index is 9.92. The Hall–Kier alpha value is -1.85. The van der Waals surface area contributed by atoms with Crippen LogP contribution in [0.4, 0.5) is 0 Å². The van der Waals surface area contributed by atoms with Crippen molar-refractivity contribution in [1.29, 1.82) is 0 Å². The summed E-state index contributed by atoms with van der Waals surface area (Å²) in [4.78, 5) is 4.09. The fourth-order valence-electron chi connectivity index (χ4n) is 1.94. The van der Waals surface area contributed by atoms with Crippen molar-refractivity contribution in [2.75, 3.05) is 13.2 Å². The van der Waals surface area contributed by atoms with E-state index < -0.39 is 6.10 Å². The largest absolute Gasteiger partial charge is 0.491 e. The number of aromatic nitrogens is 1. The van der Waals surface area contributed by atoms with Crippen molar-refractivity contribution in [3.8, 4) is 5.75 Å². The molecule has 0 saturated heterocycles. The van der Waals surface area contributed by atoms with E-state index in [1.165, 1.54) is 0 Å². The summed E-state index contributed by atoms with van der Waals surface area (Å²) < 4.78 is 11.0. The van der Waals surface area contributed by atoms with Crippen LogP contribution in [0.5, 0.6) is 5.75 Å². The molecule has 2 rings (SSSR count). The van der Waals surface area contributed by atoms with Crippen LogP contribution >= 0.6 is 0 Å². The average molecular weight is 290 g/mol. The lowest BCUT2D eigenvalue weighted by molar-refractivity contribution is 0.105. The molecule has 1 unspecified atom stereocenters. The molecule has 0 spiro atoms. The summed E-state index contributed by atoms with van der Waals surface area (Å²) in [6.07, 6.45) is 1.10. The van der Waals surface area contributed by atoms with Crippen LogP contribution in [0.1, 0.15) is 22.8 Å². The molecule has 114 valence electrons. The highest BCUT2D eigenvalue weighted by molar-refractivity contribution is 5.35. The van der Waals surface area contributed by atoms with Crippen LogP contribution in [0.15, 0.2) is 28.8 Å². The van der Waals surface area contributed by atoms with Crippen LogP contribution < -0.4 is 10.1 Å². The van der Waals surface area contributed by atoms with Gasteiger partial charge in [-0.3, -0.25) is 0 Å². The number of ether oxygens (including phenoxy) is 1. The van der Waals surface area contributed by atoms with Crippen molar-refractivity contribution in [2.24, 2.45) is 0 Å². The first-order chi connectivity index (χ1) is 10.0. The van der Waals surface area contributed by atoms with E-state index in [0.717, 1.165) is 22.6 Å². The van der Waals surface area contributed by atoms with Gasteiger partial charge in [0.25, 0.3) is 0 Å². The topological polar surface area (TPSA) is 67.5 Å². The van der Waals surface area contributed by atoms with Gasteiger partial charge in [0.2, 0.25) is 5.89 Å². The molecule has 1 aromatic heterocycles. The van der Waals surface area contributed by atoms with Gasteiger partial charge in [0, 0.05) is 6.54 Å². The van der Waals surface area contributed by atoms with E-state index in [-0.39, 0.29) is 6.61 Å². The van der Waals surface area contributed by atoms with Crippen LogP contribution in [0.2, 0.25) is 0 Å². The molecule has 1 heterocycles. The third kappa shape index (κ3) is 4.88. The average Bonchev–Trinajstić information content (AvgIpc) is 2.85. The Kier molecular flexibility index (Phi) is 5.36. The summed E-state index contributed by atoms with van der Waals surface area (Å²) in [6.45, 7) is 7.03. The molecule has 0 aliphatic rings. The van der Waals surface area contributed by atoms with Gasteiger partial charge in [-0.05, 0) is 38.0 Å². The third-order valence-corrected chi connectivity index (χ3v) is 3.10. The highest BCUT2D eigenvalue weighted by Crippen LogP contribution is 2.19. The molecule has 0 radical (unpaired) electrons. The standard InChI is InChI=1S/C16H22N2O3/c1-11-4-5-12(2)15(6-11)20-10-14(19)8-17-9-16-18-7-13(3)21-16/h4-7,14,17,19H,8-10H2,1-3H3. The van der Waals surface area contributed by atoms with Crippen molar-refractivity contribution in [3.05, 3.63) is 47.2 Å². The molecule has 0 saturated carbocycles. The molecule has 2 aromatic rings. The van der Waals surface area contributed by atoms with Crippen LogP contribution in [0.25, 0.3) is 0 Å². The van der Waals surface area contributed by atoms with Crippen molar-refractivity contribution in [3.63, 3.8) is 0 Å². The summed E-state index contributed by atoms with van der Waals surface area (Å²) in [5.41, 5.74) is 2.21. The number of oxazole rings is 1. The molecule has 1 aromatic carbocycles. The Morgan fingerprint density at radius 2 is 2.14 bits per heavy atom. The minimum absolute atomic E-state index is 0.252. The number of nitrogens with zero attached hydrogens (tertiary/aromatic N) is 1. The number of hydrogen-bond donors (Lipinski definition) is 2. The molecule has 2 N–H and O–H groups in total. The van der Waals surface area contributed by atoms with Gasteiger partial charge in [0.1, 0.15) is 24.2 Å². The van der Waals surface area contributed by atoms with Crippen molar-refractivity contribution in [1.82, 2.24) is 10.3 Å². The Bertz CT molecular complexity index is 581. The zero-order valence-electron chi connectivity index (χ0n) is 12.7. The molecule has 21 heavy (non-hydrogen) atoms. The number of aliphatic hydroxyl groups excluding tert-OH is 1. The molecule has 5 heteroatoms. The van der Waals surface area contributed by atoms with Crippen LogP contribution in [0, 0.1) is 20.8 Å². The molecule has 0 aliphatic heterocycles. The van der Waals surface area contributed by atoms with E-state index in [0.29, 0.717) is 19.0 Å². The Morgan fingerprint density at radius 1 is 1.33 bits per heavy atom. The Morgan fingerprint density at radius 3 is 2.86 bits per heavy atom. The zero-order chi connectivity index (χ0) is 15.2. The second kappa shape index (κ2) is 7.24. The fraction of sp³-hybridized carbons (Fsp3) is 0.438. The second-order valence-corrected chi connectivity index (χ2v) is 5.23. The molecular weight excluding hydrogens is 268 g/mol. The normalized spacial score (nSPS) is 12.4. The maximum Gasteiger partial charge on any atom is 0.208 e. The van der Waals surface area contributed by atoms with Crippen molar-refractivity contribution >= 4 is 0 Å². The summed E-state index contributed by atoms with van der Waals surface area (Å²) in [6, 6.07) is 6.03. The molecule has 0 fully saturated rings. The van der Waals surface area contributed by atoms with Crippen LogP contribution in [-0.4, -0.2) is 29.3 Å². The van der Waals surface area contributed by atoms with Crippen molar-refractivity contribution in [2.45, 2.75) is 33.4 Å². The number of aliphatic hydroxyl groups is 1. The molecule has 0 bridgehead atoms. The predicted octanol–water partition coefficient (Wildman–Crippen LogP) is 2.13.